The summed E-state index contributed by atoms with van der Waals surface area (Å²) < 4.78 is 5.08. The Morgan fingerprint density at radius 3 is 3.00 bits per heavy atom. The highest BCUT2D eigenvalue weighted by Crippen LogP contribution is 2.00. The average molecular weight is 213 g/mol. The third kappa shape index (κ3) is 5.19. The van der Waals surface area contributed by atoms with E-state index in [1.165, 1.54) is 0 Å². The van der Waals surface area contributed by atoms with Crippen molar-refractivity contribution < 1.29 is 19.4 Å². The van der Waals surface area contributed by atoms with Gasteiger partial charge in [0.2, 0.25) is 0 Å². The number of nitrogens with one attached hydrogen (secondary N) is 1. The van der Waals surface area contributed by atoms with E-state index < -0.39 is 12.1 Å². The van der Waals surface area contributed by atoms with Crippen LogP contribution in [0.5, 0.6) is 0 Å². The van der Waals surface area contributed by atoms with Crippen LogP contribution >= 0.6 is 0 Å². The van der Waals surface area contributed by atoms with Crippen LogP contribution in [0.2, 0.25) is 0 Å². The van der Waals surface area contributed by atoms with Crippen molar-refractivity contribution in [2.24, 2.45) is 0 Å². The van der Waals surface area contributed by atoms with Crippen molar-refractivity contribution in [2.45, 2.75) is 25.5 Å². The zero-order valence-electron chi connectivity index (χ0n) is 8.35. The zero-order chi connectivity index (χ0) is 11.1. The lowest BCUT2D eigenvalue weighted by Gasteiger charge is -2.09. The molecule has 84 valence electrons. The fourth-order valence-corrected chi connectivity index (χ4v) is 1.17. The first-order chi connectivity index (χ1) is 7.18. The molecule has 0 aliphatic rings. The molecule has 0 spiro atoms. The summed E-state index contributed by atoms with van der Waals surface area (Å²) in [5, 5.41) is 20.7. The van der Waals surface area contributed by atoms with Crippen molar-refractivity contribution in [2.75, 3.05) is 6.54 Å². The largest absolute Gasteiger partial charge is 0.481 e. The van der Waals surface area contributed by atoms with E-state index in [1.54, 1.807) is 12.3 Å². The molecule has 0 aromatic carbocycles. The molecule has 0 aliphatic carbocycles. The van der Waals surface area contributed by atoms with Gasteiger partial charge in [-0.1, -0.05) is 0 Å². The van der Waals surface area contributed by atoms with Crippen molar-refractivity contribution in [3.05, 3.63) is 24.2 Å². The van der Waals surface area contributed by atoms with Crippen molar-refractivity contribution in [1.29, 1.82) is 0 Å². The summed E-state index contributed by atoms with van der Waals surface area (Å²) in [5.74, 6) is -0.0967. The van der Waals surface area contributed by atoms with Crippen molar-refractivity contribution in [3.8, 4) is 0 Å². The second-order valence-electron chi connectivity index (χ2n) is 3.30. The lowest BCUT2D eigenvalue weighted by molar-refractivity contribution is -0.137. The number of carbonyl (C=O) groups is 1. The second kappa shape index (κ2) is 6.21. The Morgan fingerprint density at radius 2 is 2.40 bits per heavy atom. The van der Waals surface area contributed by atoms with E-state index in [0.717, 1.165) is 5.76 Å². The molecule has 0 aliphatic heterocycles. The highest BCUT2D eigenvalue weighted by atomic mass is 16.4. The molecule has 0 fully saturated rings. The normalized spacial score (nSPS) is 12.6. The molecule has 0 saturated carbocycles. The molecule has 1 aromatic heterocycles. The minimum absolute atomic E-state index is 0.0103. The summed E-state index contributed by atoms with van der Waals surface area (Å²) >= 11 is 0. The van der Waals surface area contributed by atoms with Gasteiger partial charge in [0.25, 0.3) is 0 Å². The summed E-state index contributed by atoms with van der Waals surface area (Å²) in [6, 6.07) is 3.62. The molecule has 1 unspecified atom stereocenters. The van der Waals surface area contributed by atoms with E-state index in [4.69, 9.17) is 9.52 Å². The van der Waals surface area contributed by atoms with Gasteiger partial charge in [-0.3, -0.25) is 4.79 Å². The molecule has 3 N–H and O–H groups in total. The van der Waals surface area contributed by atoms with Gasteiger partial charge in [0.1, 0.15) is 5.76 Å². The Labute approximate surface area is 87.7 Å². The zero-order valence-corrected chi connectivity index (χ0v) is 8.35. The highest BCUT2D eigenvalue weighted by Gasteiger charge is 2.06. The standard InChI is InChI=1S/C10H15NO4/c12-8(3-4-10(13)14)6-11-7-9-2-1-5-15-9/h1-2,5,8,11-12H,3-4,6-7H2,(H,13,14). The lowest BCUT2D eigenvalue weighted by atomic mass is 10.2. The molecule has 15 heavy (non-hydrogen) atoms. The summed E-state index contributed by atoms with van der Waals surface area (Å²) in [6.07, 6.45) is 1.21. The Kier molecular flexibility index (Phi) is 4.86. The van der Waals surface area contributed by atoms with Gasteiger partial charge in [-0.25, -0.2) is 0 Å². The number of aliphatic hydroxyl groups excluding tert-OH is 1. The van der Waals surface area contributed by atoms with Gasteiger partial charge >= 0.3 is 5.97 Å². The smallest absolute Gasteiger partial charge is 0.303 e. The molecule has 5 heteroatoms. The van der Waals surface area contributed by atoms with Crippen LogP contribution in [0.25, 0.3) is 0 Å². The predicted octanol–water partition coefficient (Wildman–Crippen LogP) is 0.595. The van der Waals surface area contributed by atoms with Gasteiger partial charge in [0.15, 0.2) is 0 Å². The third-order valence-electron chi connectivity index (χ3n) is 1.95. The van der Waals surface area contributed by atoms with Crippen LogP contribution in [-0.4, -0.2) is 28.8 Å². The summed E-state index contributed by atoms with van der Waals surface area (Å²) in [7, 11) is 0. The average Bonchev–Trinajstić information content (AvgIpc) is 2.67. The molecular weight excluding hydrogens is 198 g/mol. The molecule has 1 aromatic rings. The van der Waals surface area contributed by atoms with Gasteiger partial charge in [0, 0.05) is 13.0 Å². The predicted molar refractivity (Wildman–Crippen MR) is 53.3 cm³/mol. The number of aliphatic carboxylic acids is 1. The van der Waals surface area contributed by atoms with Gasteiger partial charge in [0.05, 0.1) is 18.9 Å². The third-order valence-corrected chi connectivity index (χ3v) is 1.95. The molecular formula is C10H15NO4. The first kappa shape index (κ1) is 11.7. The van der Waals surface area contributed by atoms with Gasteiger partial charge in [-0.2, -0.15) is 0 Å². The van der Waals surface area contributed by atoms with E-state index in [-0.39, 0.29) is 12.8 Å². The number of furan rings is 1. The Hall–Kier alpha value is -1.33. The van der Waals surface area contributed by atoms with Crippen LogP contribution < -0.4 is 5.32 Å². The number of carboxylic acid groups (broad SMARTS) is 1. The van der Waals surface area contributed by atoms with Crippen LogP contribution in [0.4, 0.5) is 0 Å². The molecule has 1 rings (SSSR count). The fourth-order valence-electron chi connectivity index (χ4n) is 1.17. The van der Waals surface area contributed by atoms with E-state index in [2.05, 4.69) is 5.32 Å². The Morgan fingerprint density at radius 1 is 1.60 bits per heavy atom. The highest BCUT2D eigenvalue weighted by molar-refractivity contribution is 5.66. The van der Waals surface area contributed by atoms with Crippen LogP contribution in [0.15, 0.2) is 22.8 Å². The number of carboxylic acids is 1. The van der Waals surface area contributed by atoms with Gasteiger partial charge < -0.3 is 19.9 Å². The topological polar surface area (TPSA) is 82.7 Å². The van der Waals surface area contributed by atoms with E-state index >= 15 is 0 Å². The van der Waals surface area contributed by atoms with Crippen LogP contribution in [0, 0.1) is 0 Å². The first-order valence-corrected chi connectivity index (χ1v) is 4.81. The minimum Gasteiger partial charge on any atom is -0.481 e. The maximum atomic E-state index is 10.2. The number of hydrogen-bond acceptors (Lipinski definition) is 4. The van der Waals surface area contributed by atoms with Crippen molar-refractivity contribution >= 4 is 5.97 Å². The van der Waals surface area contributed by atoms with E-state index in [9.17, 15) is 9.90 Å². The second-order valence-corrected chi connectivity index (χ2v) is 3.30. The maximum Gasteiger partial charge on any atom is 0.303 e. The summed E-state index contributed by atoms with van der Waals surface area (Å²) in [6.45, 7) is 0.908. The molecule has 0 saturated heterocycles. The Bertz CT molecular complexity index is 284. The number of aliphatic hydroxyl groups is 1. The van der Waals surface area contributed by atoms with E-state index in [1.807, 2.05) is 6.07 Å². The quantitative estimate of drug-likeness (QED) is 0.617. The SMILES string of the molecule is O=C(O)CCC(O)CNCc1ccco1. The molecule has 0 bridgehead atoms. The van der Waals surface area contributed by atoms with E-state index in [0.29, 0.717) is 13.1 Å². The number of rotatable bonds is 7. The fraction of sp³-hybridized carbons (Fsp3) is 0.500. The van der Waals surface area contributed by atoms with Crippen molar-refractivity contribution in [1.82, 2.24) is 5.32 Å². The lowest BCUT2D eigenvalue weighted by Crippen LogP contribution is -2.26. The monoisotopic (exact) mass is 213 g/mol. The first-order valence-electron chi connectivity index (χ1n) is 4.81. The maximum absolute atomic E-state index is 10.2. The molecule has 1 heterocycles. The van der Waals surface area contributed by atoms with Crippen molar-refractivity contribution in [3.63, 3.8) is 0 Å². The Balaban J connectivity index is 2.06. The molecule has 0 amide bonds. The van der Waals surface area contributed by atoms with Gasteiger partial charge in [-0.05, 0) is 18.6 Å². The van der Waals surface area contributed by atoms with Crippen LogP contribution in [0.1, 0.15) is 18.6 Å². The molecule has 0 radical (unpaired) electrons. The van der Waals surface area contributed by atoms with Crippen LogP contribution in [-0.2, 0) is 11.3 Å². The molecule has 1 atom stereocenters. The summed E-state index contributed by atoms with van der Waals surface area (Å²) in [5.41, 5.74) is 0. The van der Waals surface area contributed by atoms with Gasteiger partial charge in [-0.15, -0.1) is 0 Å². The molecule has 5 nitrogen and oxygen atoms in total. The number of hydrogen-bond donors (Lipinski definition) is 3. The van der Waals surface area contributed by atoms with Crippen LogP contribution in [0.3, 0.4) is 0 Å². The minimum atomic E-state index is -0.889. The summed E-state index contributed by atoms with van der Waals surface area (Å²) in [4.78, 5) is 10.2.